The number of rotatable bonds is 8. The molecule has 3 N–H and O–H groups in total. The Morgan fingerprint density at radius 1 is 1.12 bits per heavy atom. The summed E-state index contributed by atoms with van der Waals surface area (Å²) in [5.74, 6) is 0.222. The normalized spacial score (nSPS) is 18.0. The van der Waals surface area contributed by atoms with E-state index in [1.165, 1.54) is 6.92 Å². The van der Waals surface area contributed by atoms with Gasteiger partial charge in [0.1, 0.15) is 11.9 Å². The van der Waals surface area contributed by atoms with Crippen molar-refractivity contribution in [3.05, 3.63) is 58.6 Å². The van der Waals surface area contributed by atoms with Crippen LogP contribution in [-0.4, -0.2) is 55.5 Å². The number of nitrogens with one attached hydrogen (secondary N) is 1. The first-order valence-electron chi connectivity index (χ1n) is 11.7. The third kappa shape index (κ3) is 6.10. The number of unbranched alkanes of at least 4 members (excludes halogenated alkanes) is 1. The van der Waals surface area contributed by atoms with Crippen molar-refractivity contribution in [2.24, 2.45) is 5.73 Å². The molecule has 2 aliphatic rings. The second-order valence-corrected chi connectivity index (χ2v) is 9.24. The van der Waals surface area contributed by atoms with E-state index in [1.807, 2.05) is 24.3 Å². The van der Waals surface area contributed by atoms with Crippen LogP contribution in [0.15, 0.2) is 48.0 Å². The van der Waals surface area contributed by atoms with Crippen LogP contribution < -0.4 is 20.7 Å². The second kappa shape index (κ2) is 10.9. The minimum absolute atomic E-state index is 0.0624. The Morgan fingerprint density at radius 2 is 1.91 bits per heavy atom. The van der Waals surface area contributed by atoms with Gasteiger partial charge < -0.3 is 20.7 Å². The molecule has 4 rings (SSSR count). The minimum atomic E-state index is -0.450. The number of anilines is 2. The number of nitrogens with two attached hydrogens (primary N) is 1. The molecule has 0 radical (unpaired) electrons. The van der Waals surface area contributed by atoms with Gasteiger partial charge in [-0.2, -0.15) is 0 Å². The summed E-state index contributed by atoms with van der Waals surface area (Å²) < 4.78 is 6.08. The summed E-state index contributed by atoms with van der Waals surface area (Å²) in [6, 6.07) is 13.4. The number of fused-ring (bicyclic) bond motifs is 1. The monoisotopic (exact) mass is 482 g/mol. The third-order valence-corrected chi connectivity index (χ3v) is 6.51. The van der Waals surface area contributed by atoms with Crippen molar-refractivity contribution in [2.75, 3.05) is 42.9 Å². The number of halogens is 1. The molecule has 7 nitrogen and oxygen atoms in total. The van der Waals surface area contributed by atoms with Crippen molar-refractivity contribution >= 4 is 40.9 Å². The van der Waals surface area contributed by atoms with Crippen molar-refractivity contribution in [3.63, 3.8) is 0 Å². The molecule has 2 heterocycles. The van der Waals surface area contributed by atoms with E-state index in [4.69, 9.17) is 22.1 Å². The lowest BCUT2D eigenvalue weighted by atomic mass is 9.97. The Kier molecular flexibility index (Phi) is 7.75. The minimum Gasteiger partial charge on any atom is -0.485 e. The molecule has 34 heavy (non-hydrogen) atoms. The van der Waals surface area contributed by atoms with Crippen molar-refractivity contribution in [3.8, 4) is 5.75 Å². The molecule has 2 amide bonds. The molecule has 1 saturated heterocycles. The predicted octanol–water partition coefficient (Wildman–Crippen LogP) is 3.92. The fourth-order valence-corrected chi connectivity index (χ4v) is 4.72. The molecule has 0 spiro atoms. The number of hydrogen-bond donors (Lipinski definition) is 2. The van der Waals surface area contributed by atoms with Crippen LogP contribution in [0.25, 0.3) is 6.08 Å². The maximum absolute atomic E-state index is 12.0. The molecule has 180 valence electrons. The molecular weight excluding hydrogens is 452 g/mol. The highest BCUT2D eigenvalue weighted by molar-refractivity contribution is 6.30. The van der Waals surface area contributed by atoms with Gasteiger partial charge in [-0.1, -0.05) is 17.7 Å². The molecular formula is C26H31ClN4O3. The summed E-state index contributed by atoms with van der Waals surface area (Å²) in [5.41, 5.74) is 8.87. The predicted molar refractivity (Wildman–Crippen MR) is 136 cm³/mol. The molecule has 0 aromatic heterocycles. The number of benzene rings is 2. The van der Waals surface area contributed by atoms with E-state index in [1.54, 1.807) is 18.2 Å². The van der Waals surface area contributed by atoms with E-state index >= 15 is 0 Å². The van der Waals surface area contributed by atoms with Gasteiger partial charge in [-0.3, -0.25) is 14.5 Å². The quantitative estimate of drug-likeness (QED) is 0.557. The summed E-state index contributed by atoms with van der Waals surface area (Å²) in [7, 11) is 0. The second-order valence-electron chi connectivity index (χ2n) is 8.81. The molecule has 0 bridgehead atoms. The van der Waals surface area contributed by atoms with Gasteiger partial charge in [0.2, 0.25) is 11.8 Å². The van der Waals surface area contributed by atoms with Gasteiger partial charge in [0.05, 0.1) is 5.57 Å². The lowest BCUT2D eigenvalue weighted by molar-refractivity contribution is -0.115. The highest BCUT2D eigenvalue weighted by Crippen LogP contribution is 2.33. The van der Waals surface area contributed by atoms with E-state index < -0.39 is 5.91 Å². The summed E-state index contributed by atoms with van der Waals surface area (Å²) >= 11 is 6.06. The molecule has 1 atom stereocenters. The highest BCUT2D eigenvalue weighted by Gasteiger charge is 2.26. The molecule has 8 heteroatoms. The van der Waals surface area contributed by atoms with Crippen LogP contribution in [0.2, 0.25) is 5.02 Å². The summed E-state index contributed by atoms with van der Waals surface area (Å²) in [6.45, 7) is 6.40. The molecule has 1 fully saturated rings. The Bertz CT molecular complexity index is 1080. The largest absolute Gasteiger partial charge is 0.485 e. The first-order valence-corrected chi connectivity index (χ1v) is 12.1. The number of carbonyl (C=O) groups excluding carboxylic acids is 2. The van der Waals surface area contributed by atoms with Crippen molar-refractivity contribution in [2.45, 2.75) is 32.3 Å². The van der Waals surface area contributed by atoms with Gasteiger partial charge in [0.15, 0.2) is 0 Å². The van der Waals surface area contributed by atoms with E-state index in [2.05, 4.69) is 21.2 Å². The Morgan fingerprint density at radius 3 is 2.65 bits per heavy atom. The lowest BCUT2D eigenvalue weighted by Gasteiger charge is -2.36. The molecule has 2 aliphatic heterocycles. The number of ether oxygens (including phenoxy) is 1. The summed E-state index contributed by atoms with van der Waals surface area (Å²) in [5, 5.41) is 3.45. The number of primary amides is 1. The van der Waals surface area contributed by atoms with Crippen LogP contribution in [0.1, 0.15) is 31.7 Å². The fourth-order valence-electron chi connectivity index (χ4n) is 4.54. The van der Waals surface area contributed by atoms with Crippen LogP contribution >= 0.6 is 11.6 Å². The summed E-state index contributed by atoms with van der Waals surface area (Å²) in [4.78, 5) is 28.1. The molecule has 2 aromatic carbocycles. The topological polar surface area (TPSA) is 87.9 Å². The SMILES string of the molecule is CC(=O)Nc1cccc(N2CCN(CCCCC3Oc4ccc(Cl)cc4C=C3C(N)=O)CC2)c1. The van der Waals surface area contributed by atoms with Crippen molar-refractivity contribution in [1.82, 2.24) is 4.90 Å². The Labute approximate surface area is 205 Å². The highest BCUT2D eigenvalue weighted by atomic mass is 35.5. The maximum atomic E-state index is 12.0. The lowest BCUT2D eigenvalue weighted by Crippen LogP contribution is -2.46. The average molecular weight is 483 g/mol. The number of hydrogen-bond acceptors (Lipinski definition) is 5. The Hall–Kier alpha value is -3.03. The van der Waals surface area contributed by atoms with Gasteiger partial charge >= 0.3 is 0 Å². The fraction of sp³-hybridized carbons (Fsp3) is 0.385. The summed E-state index contributed by atoms with van der Waals surface area (Å²) in [6.07, 6.45) is 4.19. The van der Waals surface area contributed by atoms with Crippen molar-refractivity contribution < 1.29 is 14.3 Å². The first kappa shape index (κ1) is 24.1. The van der Waals surface area contributed by atoms with Gasteiger partial charge in [0, 0.05) is 55.1 Å². The smallest absolute Gasteiger partial charge is 0.248 e. The molecule has 0 saturated carbocycles. The van der Waals surface area contributed by atoms with E-state index in [0.717, 1.165) is 74.7 Å². The standard InChI is InChI=1S/C26H31ClN4O3/c1-18(32)29-21-5-4-6-22(17-21)31-13-11-30(12-14-31)10-3-2-7-25-23(26(28)33)16-19-15-20(27)8-9-24(19)34-25/h4-6,8-9,15-17,25H,2-3,7,10-14H2,1H3,(H2,28,33)(H,29,32). The average Bonchev–Trinajstić information content (AvgIpc) is 2.81. The number of carbonyl (C=O) groups is 2. The maximum Gasteiger partial charge on any atom is 0.248 e. The van der Waals surface area contributed by atoms with E-state index in [9.17, 15) is 9.59 Å². The molecule has 2 aromatic rings. The van der Waals surface area contributed by atoms with E-state index in [0.29, 0.717) is 10.6 Å². The van der Waals surface area contributed by atoms with Crippen LogP contribution in [-0.2, 0) is 9.59 Å². The number of piperazine rings is 1. The molecule has 0 aliphatic carbocycles. The van der Waals surface area contributed by atoms with E-state index in [-0.39, 0.29) is 12.0 Å². The van der Waals surface area contributed by atoms with Crippen molar-refractivity contribution in [1.29, 1.82) is 0 Å². The van der Waals surface area contributed by atoms with Crippen LogP contribution in [0.5, 0.6) is 5.75 Å². The zero-order valence-electron chi connectivity index (χ0n) is 19.4. The van der Waals surface area contributed by atoms with Gasteiger partial charge in [-0.25, -0.2) is 0 Å². The van der Waals surface area contributed by atoms with Crippen LogP contribution in [0.3, 0.4) is 0 Å². The van der Waals surface area contributed by atoms with Gasteiger partial charge in [-0.15, -0.1) is 0 Å². The van der Waals surface area contributed by atoms with Crippen LogP contribution in [0, 0.1) is 0 Å². The zero-order chi connectivity index (χ0) is 24.1. The number of nitrogens with zero attached hydrogens (tertiary/aromatic N) is 2. The van der Waals surface area contributed by atoms with Crippen LogP contribution in [0.4, 0.5) is 11.4 Å². The Balaban J connectivity index is 1.23. The molecule has 1 unspecified atom stereocenters. The van der Waals surface area contributed by atoms with Gasteiger partial charge in [-0.05, 0) is 68.3 Å². The van der Waals surface area contributed by atoms with Gasteiger partial charge in [0.25, 0.3) is 0 Å². The zero-order valence-corrected chi connectivity index (χ0v) is 20.2. The first-order chi connectivity index (χ1) is 16.4. The third-order valence-electron chi connectivity index (χ3n) is 6.28. The number of amides is 2.